The van der Waals surface area contributed by atoms with E-state index in [2.05, 4.69) is 32.9 Å². The van der Waals surface area contributed by atoms with Crippen LogP contribution in [0.5, 0.6) is 0 Å². The molecule has 6 nitrogen and oxygen atoms in total. The lowest BCUT2D eigenvalue weighted by atomic mass is 10.0. The zero-order valence-corrected chi connectivity index (χ0v) is 44.0. The summed E-state index contributed by atoms with van der Waals surface area (Å²) in [6, 6.07) is 0. The van der Waals surface area contributed by atoms with Gasteiger partial charge in [0.05, 0.1) is 0 Å². The first-order chi connectivity index (χ1) is 32.0. The molecule has 0 saturated carbocycles. The fourth-order valence-electron chi connectivity index (χ4n) is 8.85. The maximum atomic E-state index is 12.8. The molecule has 0 aromatic rings. The van der Waals surface area contributed by atoms with Crippen molar-refractivity contribution in [1.29, 1.82) is 0 Å². The molecule has 0 N–H and O–H groups in total. The molecule has 0 amide bonds. The van der Waals surface area contributed by atoms with E-state index in [4.69, 9.17) is 14.2 Å². The largest absolute Gasteiger partial charge is 0.462 e. The second-order valence-corrected chi connectivity index (χ2v) is 19.9. The van der Waals surface area contributed by atoms with E-state index in [1.165, 1.54) is 231 Å². The molecule has 0 aromatic heterocycles. The van der Waals surface area contributed by atoms with E-state index in [1.54, 1.807) is 0 Å². The Balaban J connectivity index is 4.27. The number of hydrogen-bond donors (Lipinski definition) is 0. The standard InChI is InChI=1S/C59H112O6/c1-4-7-10-13-16-19-22-24-26-28-29-31-32-34-37-40-43-46-49-52-58(61)64-55-56(54-63-57(60)51-48-45-42-39-36-21-18-15-12-9-6-3)65-59(62)53-50-47-44-41-38-35-33-30-27-25-23-20-17-14-11-8-5-2/h25,27,56H,4-24,26,28-55H2,1-3H3/b27-25-. The van der Waals surface area contributed by atoms with Gasteiger partial charge in [-0.15, -0.1) is 0 Å². The number of esters is 3. The highest BCUT2D eigenvalue weighted by molar-refractivity contribution is 5.71. The van der Waals surface area contributed by atoms with Crippen LogP contribution in [0.3, 0.4) is 0 Å². The summed E-state index contributed by atoms with van der Waals surface area (Å²) < 4.78 is 16.9. The Hall–Kier alpha value is -1.85. The lowest BCUT2D eigenvalue weighted by Gasteiger charge is -2.18. The van der Waals surface area contributed by atoms with E-state index in [0.29, 0.717) is 19.3 Å². The molecule has 0 spiro atoms. The van der Waals surface area contributed by atoms with E-state index in [9.17, 15) is 14.4 Å². The highest BCUT2D eigenvalue weighted by Crippen LogP contribution is 2.17. The minimum absolute atomic E-state index is 0.0658. The van der Waals surface area contributed by atoms with Crippen LogP contribution in [0.4, 0.5) is 0 Å². The predicted octanol–water partition coefficient (Wildman–Crippen LogP) is 19.3. The average Bonchev–Trinajstić information content (AvgIpc) is 3.30. The summed E-state index contributed by atoms with van der Waals surface area (Å²) >= 11 is 0. The van der Waals surface area contributed by atoms with Gasteiger partial charge in [0.2, 0.25) is 0 Å². The van der Waals surface area contributed by atoms with Gasteiger partial charge in [0, 0.05) is 19.3 Å². The Kier molecular flexibility index (Phi) is 53.2. The second kappa shape index (κ2) is 54.8. The molecule has 1 atom stereocenters. The molecule has 0 aliphatic rings. The van der Waals surface area contributed by atoms with Gasteiger partial charge >= 0.3 is 17.9 Å². The van der Waals surface area contributed by atoms with Crippen LogP contribution in [0.15, 0.2) is 12.2 Å². The zero-order valence-electron chi connectivity index (χ0n) is 44.0. The third kappa shape index (κ3) is 53.0. The van der Waals surface area contributed by atoms with Crippen molar-refractivity contribution < 1.29 is 28.6 Å². The number of rotatable bonds is 54. The van der Waals surface area contributed by atoms with Gasteiger partial charge < -0.3 is 14.2 Å². The highest BCUT2D eigenvalue weighted by atomic mass is 16.6. The van der Waals surface area contributed by atoms with Crippen LogP contribution in [0, 0.1) is 0 Å². The van der Waals surface area contributed by atoms with Gasteiger partial charge in [-0.3, -0.25) is 14.4 Å². The number of hydrogen-bond acceptors (Lipinski definition) is 6. The predicted molar refractivity (Wildman–Crippen MR) is 280 cm³/mol. The van der Waals surface area contributed by atoms with Crippen molar-refractivity contribution in [2.75, 3.05) is 13.2 Å². The van der Waals surface area contributed by atoms with Crippen molar-refractivity contribution >= 4 is 17.9 Å². The van der Waals surface area contributed by atoms with Crippen LogP contribution >= 0.6 is 0 Å². The molecule has 1 unspecified atom stereocenters. The van der Waals surface area contributed by atoms with Gasteiger partial charge in [0.25, 0.3) is 0 Å². The highest BCUT2D eigenvalue weighted by Gasteiger charge is 2.19. The van der Waals surface area contributed by atoms with Crippen molar-refractivity contribution in [1.82, 2.24) is 0 Å². The first kappa shape index (κ1) is 63.1. The Morgan fingerprint density at radius 1 is 0.292 bits per heavy atom. The molecule has 0 aliphatic carbocycles. The SMILES string of the molecule is CCCCCCCC/C=C\CCCCCCCCCC(=O)OC(COC(=O)CCCCCCCCCCCCC)COC(=O)CCCCCCCCCCCCCCCCCCCCC. The number of unbranched alkanes of at least 4 members (excludes halogenated alkanes) is 41. The first-order valence-corrected chi connectivity index (χ1v) is 29.2. The van der Waals surface area contributed by atoms with E-state index in [0.717, 1.165) is 57.8 Å². The fraction of sp³-hybridized carbons (Fsp3) is 0.915. The maximum Gasteiger partial charge on any atom is 0.306 e. The lowest BCUT2D eigenvalue weighted by molar-refractivity contribution is -0.167. The van der Waals surface area contributed by atoms with Gasteiger partial charge in [0.1, 0.15) is 13.2 Å². The Morgan fingerprint density at radius 3 is 0.769 bits per heavy atom. The number of carbonyl (C=O) groups is 3. The molecule has 0 heterocycles. The average molecular weight is 918 g/mol. The molecule has 0 bridgehead atoms. The molecule has 0 aliphatic heterocycles. The summed E-state index contributed by atoms with van der Waals surface area (Å²) in [5, 5.41) is 0. The summed E-state index contributed by atoms with van der Waals surface area (Å²) in [5.74, 6) is -0.847. The molecule has 384 valence electrons. The lowest BCUT2D eigenvalue weighted by Crippen LogP contribution is -2.30. The quantitative estimate of drug-likeness (QED) is 0.0262. The van der Waals surface area contributed by atoms with Gasteiger partial charge in [-0.2, -0.15) is 0 Å². The van der Waals surface area contributed by atoms with Crippen molar-refractivity contribution in [2.24, 2.45) is 0 Å². The summed E-state index contributed by atoms with van der Waals surface area (Å²) in [4.78, 5) is 38.1. The van der Waals surface area contributed by atoms with E-state index in [-0.39, 0.29) is 31.1 Å². The zero-order chi connectivity index (χ0) is 47.2. The molecular formula is C59H112O6. The van der Waals surface area contributed by atoms with Crippen LogP contribution in [0.25, 0.3) is 0 Å². The van der Waals surface area contributed by atoms with Gasteiger partial charge in [0.15, 0.2) is 6.10 Å². The van der Waals surface area contributed by atoms with Crippen LogP contribution in [-0.4, -0.2) is 37.2 Å². The van der Waals surface area contributed by atoms with Crippen molar-refractivity contribution in [3.63, 3.8) is 0 Å². The minimum atomic E-state index is -0.766. The molecule has 0 aromatic carbocycles. The molecular weight excluding hydrogens is 805 g/mol. The molecule has 0 saturated heterocycles. The third-order valence-electron chi connectivity index (χ3n) is 13.3. The third-order valence-corrected chi connectivity index (χ3v) is 13.3. The van der Waals surface area contributed by atoms with Crippen LogP contribution in [0.1, 0.15) is 329 Å². The normalized spacial score (nSPS) is 12.0. The summed E-state index contributed by atoms with van der Waals surface area (Å²) in [5.41, 5.74) is 0. The van der Waals surface area contributed by atoms with Crippen molar-refractivity contribution in [3.8, 4) is 0 Å². The molecule has 0 rings (SSSR count). The summed E-state index contributed by atoms with van der Waals surface area (Å²) in [6.07, 6.45) is 62.0. The fourth-order valence-corrected chi connectivity index (χ4v) is 8.85. The monoisotopic (exact) mass is 917 g/mol. The Labute approximate surface area is 405 Å². The smallest absolute Gasteiger partial charge is 0.306 e. The molecule has 0 radical (unpaired) electrons. The summed E-state index contributed by atoms with van der Waals surface area (Å²) in [7, 11) is 0. The van der Waals surface area contributed by atoms with Crippen LogP contribution < -0.4 is 0 Å². The van der Waals surface area contributed by atoms with Gasteiger partial charge in [-0.05, 0) is 44.9 Å². The molecule has 65 heavy (non-hydrogen) atoms. The van der Waals surface area contributed by atoms with E-state index in [1.807, 2.05) is 0 Å². The minimum Gasteiger partial charge on any atom is -0.462 e. The number of carbonyl (C=O) groups excluding carboxylic acids is 3. The van der Waals surface area contributed by atoms with E-state index >= 15 is 0 Å². The van der Waals surface area contributed by atoms with Crippen LogP contribution in [0.2, 0.25) is 0 Å². The van der Waals surface area contributed by atoms with Gasteiger partial charge in [-0.25, -0.2) is 0 Å². The van der Waals surface area contributed by atoms with Crippen molar-refractivity contribution in [2.45, 2.75) is 335 Å². The summed E-state index contributed by atoms with van der Waals surface area (Å²) in [6.45, 7) is 6.68. The molecule has 0 fully saturated rings. The number of ether oxygens (including phenoxy) is 3. The van der Waals surface area contributed by atoms with Gasteiger partial charge in [-0.1, -0.05) is 277 Å². The van der Waals surface area contributed by atoms with Crippen LogP contribution in [-0.2, 0) is 28.6 Å². The Bertz CT molecular complexity index is 1010. The van der Waals surface area contributed by atoms with E-state index < -0.39 is 6.10 Å². The Morgan fingerprint density at radius 2 is 0.508 bits per heavy atom. The first-order valence-electron chi connectivity index (χ1n) is 29.2. The second-order valence-electron chi connectivity index (χ2n) is 19.9. The topological polar surface area (TPSA) is 78.9 Å². The number of allylic oxidation sites excluding steroid dienone is 2. The molecule has 6 heteroatoms. The van der Waals surface area contributed by atoms with Crippen molar-refractivity contribution in [3.05, 3.63) is 12.2 Å². The maximum absolute atomic E-state index is 12.8.